The molecule has 16 heavy (non-hydrogen) atoms. The zero-order valence-electron chi connectivity index (χ0n) is 10.8. The Morgan fingerprint density at radius 2 is 2.00 bits per heavy atom. The second-order valence-electron chi connectivity index (χ2n) is 6.36. The van der Waals surface area contributed by atoms with Crippen molar-refractivity contribution in [1.29, 1.82) is 0 Å². The molecule has 2 bridgehead atoms. The summed E-state index contributed by atoms with van der Waals surface area (Å²) in [4.78, 5) is 11.6. The Labute approximate surface area is 98.1 Å². The molecule has 3 unspecified atom stereocenters. The quantitative estimate of drug-likeness (QED) is 0.529. The lowest BCUT2D eigenvalue weighted by Crippen LogP contribution is -2.28. The molecule has 90 valence electrons. The Bertz CT molecular complexity index is 340. The molecular formula is C14H22O2. The normalized spacial score (nSPS) is 39.8. The first kappa shape index (κ1) is 11.7. The van der Waals surface area contributed by atoms with Gasteiger partial charge in [0.25, 0.3) is 0 Å². The second kappa shape index (κ2) is 3.35. The molecule has 0 heterocycles. The van der Waals surface area contributed by atoms with E-state index in [-0.39, 0.29) is 12.1 Å². The highest BCUT2D eigenvalue weighted by atomic mass is 16.5. The van der Waals surface area contributed by atoms with E-state index in [0.717, 1.165) is 6.42 Å². The standard InChI is InChI=1S/C14H22O2/c1-9(2)12(15)16-11-8-14(5)7-6-10(11)13(14,3)4/h10-11H,1,6-8H2,2-5H3. The van der Waals surface area contributed by atoms with Crippen LogP contribution in [-0.4, -0.2) is 12.1 Å². The van der Waals surface area contributed by atoms with Gasteiger partial charge >= 0.3 is 5.97 Å². The number of ether oxygens (including phenoxy) is 1. The lowest BCUT2D eigenvalue weighted by atomic mass is 9.71. The Balaban J connectivity index is 2.12. The van der Waals surface area contributed by atoms with E-state index < -0.39 is 0 Å². The smallest absolute Gasteiger partial charge is 0.333 e. The van der Waals surface area contributed by atoms with Crippen LogP contribution in [0.2, 0.25) is 0 Å². The van der Waals surface area contributed by atoms with E-state index in [9.17, 15) is 4.79 Å². The molecule has 2 rings (SSSR count). The van der Waals surface area contributed by atoms with Crippen molar-refractivity contribution in [2.75, 3.05) is 0 Å². The lowest BCUT2D eigenvalue weighted by Gasteiger charge is -2.33. The summed E-state index contributed by atoms with van der Waals surface area (Å²) in [5.41, 5.74) is 1.15. The van der Waals surface area contributed by atoms with E-state index in [4.69, 9.17) is 4.74 Å². The van der Waals surface area contributed by atoms with Gasteiger partial charge in [-0.2, -0.15) is 0 Å². The number of carbonyl (C=O) groups excluding carboxylic acids is 1. The van der Waals surface area contributed by atoms with Crippen molar-refractivity contribution in [1.82, 2.24) is 0 Å². The van der Waals surface area contributed by atoms with Gasteiger partial charge in [0.15, 0.2) is 0 Å². The van der Waals surface area contributed by atoms with Crippen LogP contribution >= 0.6 is 0 Å². The highest BCUT2D eigenvalue weighted by Crippen LogP contribution is 2.66. The molecule has 2 aliphatic carbocycles. The van der Waals surface area contributed by atoms with Gasteiger partial charge in [-0.3, -0.25) is 0 Å². The van der Waals surface area contributed by atoms with Gasteiger partial charge in [0.05, 0.1) is 0 Å². The van der Waals surface area contributed by atoms with Crippen LogP contribution in [0.15, 0.2) is 12.2 Å². The van der Waals surface area contributed by atoms with Crippen molar-refractivity contribution < 1.29 is 9.53 Å². The Kier molecular flexibility index (Phi) is 2.45. The van der Waals surface area contributed by atoms with Gasteiger partial charge in [-0.25, -0.2) is 4.79 Å². The second-order valence-corrected chi connectivity index (χ2v) is 6.36. The Hall–Kier alpha value is -0.790. The predicted molar refractivity (Wildman–Crippen MR) is 63.9 cm³/mol. The fourth-order valence-electron chi connectivity index (χ4n) is 3.57. The molecule has 0 N–H and O–H groups in total. The average Bonchev–Trinajstić information content (AvgIpc) is 2.47. The zero-order valence-corrected chi connectivity index (χ0v) is 10.8. The van der Waals surface area contributed by atoms with Crippen LogP contribution < -0.4 is 0 Å². The summed E-state index contributed by atoms with van der Waals surface area (Å²) in [6.07, 6.45) is 3.59. The summed E-state index contributed by atoms with van der Waals surface area (Å²) in [5.74, 6) is 0.303. The van der Waals surface area contributed by atoms with Gasteiger partial charge in [0.1, 0.15) is 6.10 Å². The maximum Gasteiger partial charge on any atom is 0.333 e. The fourth-order valence-corrected chi connectivity index (χ4v) is 3.57. The van der Waals surface area contributed by atoms with Crippen LogP contribution in [0.3, 0.4) is 0 Å². The zero-order chi connectivity index (χ0) is 12.1. The summed E-state index contributed by atoms with van der Waals surface area (Å²) in [5, 5.41) is 0. The van der Waals surface area contributed by atoms with Gasteiger partial charge in [0.2, 0.25) is 0 Å². The van der Waals surface area contributed by atoms with E-state index in [0.29, 0.717) is 22.3 Å². The molecule has 2 nitrogen and oxygen atoms in total. The van der Waals surface area contributed by atoms with E-state index in [1.165, 1.54) is 12.8 Å². The molecule has 0 aromatic carbocycles. The van der Waals surface area contributed by atoms with Crippen LogP contribution in [0.4, 0.5) is 0 Å². The van der Waals surface area contributed by atoms with Gasteiger partial charge in [-0.05, 0) is 37.0 Å². The molecule has 0 radical (unpaired) electrons. The summed E-state index contributed by atoms with van der Waals surface area (Å²) in [7, 11) is 0. The lowest BCUT2D eigenvalue weighted by molar-refractivity contribution is -0.147. The third-order valence-electron chi connectivity index (χ3n) is 5.20. The highest BCUT2D eigenvalue weighted by Gasteiger charge is 2.61. The molecule has 0 saturated heterocycles. The minimum Gasteiger partial charge on any atom is -0.459 e. The molecule has 2 aliphatic rings. The minimum atomic E-state index is -0.225. The van der Waals surface area contributed by atoms with E-state index in [1.54, 1.807) is 6.92 Å². The topological polar surface area (TPSA) is 26.3 Å². The monoisotopic (exact) mass is 222 g/mol. The van der Waals surface area contributed by atoms with Crippen molar-refractivity contribution in [3.63, 3.8) is 0 Å². The van der Waals surface area contributed by atoms with Crippen LogP contribution in [-0.2, 0) is 9.53 Å². The maximum absolute atomic E-state index is 11.6. The third-order valence-corrected chi connectivity index (χ3v) is 5.20. The van der Waals surface area contributed by atoms with Crippen LogP contribution in [0, 0.1) is 16.7 Å². The van der Waals surface area contributed by atoms with Crippen molar-refractivity contribution in [2.45, 2.75) is 53.1 Å². The number of fused-ring (bicyclic) bond motifs is 2. The summed E-state index contributed by atoms with van der Waals surface area (Å²) in [6.45, 7) is 12.3. The minimum absolute atomic E-state index is 0.109. The average molecular weight is 222 g/mol. The number of hydrogen-bond donors (Lipinski definition) is 0. The molecule has 0 aliphatic heterocycles. The molecule has 0 amide bonds. The van der Waals surface area contributed by atoms with Crippen molar-refractivity contribution in [3.05, 3.63) is 12.2 Å². The number of hydrogen-bond acceptors (Lipinski definition) is 2. The highest BCUT2D eigenvalue weighted by molar-refractivity contribution is 5.87. The van der Waals surface area contributed by atoms with Gasteiger partial charge in [0, 0.05) is 11.5 Å². The van der Waals surface area contributed by atoms with Gasteiger partial charge in [-0.1, -0.05) is 27.4 Å². The van der Waals surface area contributed by atoms with Gasteiger partial charge in [-0.15, -0.1) is 0 Å². The van der Waals surface area contributed by atoms with E-state index >= 15 is 0 Å². The van der Waals surface area contributed by atoms with Crippen molar-refractivity contribution in [2.24, 2.45) is 16.7 Å². The molecular weight excluding hydrogens is 200 g/mol. The molecule has 0 spiro atoms. The molecule has 0 aromatic heterocycles. The van der Waals surface area contributed by atoms with Crippen molar-refractivity contribution in [3.8, 4) is 0 Å². The summed E-state index contributed by atoms with van der Waals surface area (Å²) < 4.78 is 5.57. The SMILES string of the molecule is C=C(C)C(=O)OC1CC2(C)CCC1C2(C)C. The first-order valence-corrected chi connectivity index (χ1v) is 6.14. The molecule has 2 saturated carbocycles. The largest absolute Gasteiger partial charge is 0.459 e. The number of rotatable bonds is 2. The molecule has 2 fully saturated rings. The Morgan fingerprint density at radius 3 is 2.38 bits per heavy atom. The van der Waals surface area contributed by atoms with Gasteiger partial charge < -0.3 is 4.74 Å². The molecule has 3 atom stereocenters. The number of carbonyl (C=O) groups is 1. The van der Waals surface area contributed by atoms with E-state index in [1.807, 2.05) is 0 Å². The summed E-state index contributed by atoms with van der Waals surface area (Å²) in [6, 6.07) is 0. The van der Waals surface area contributed by atoms with E-state index in [2.05, 4.69) is 27.4 Å². The number of esters is 1. The fraction of sp³-hybridized carbons (Fsp3) is 0.786. The maximum atomic E-state index is 11.6. The van der Waals surface area contributed by atoms with Crippen LogP contribution in [0.1, 0.15) is 47.0 Å². The third kappa shape index (κ3) is 1.42. The molecule has 2 heteroatoms. The summed E-state index contributed by atoms with van der Waals surface area (Å²) >= 11 is 0. The van der Waals surface area contributed by atoms with Crippen LogP contribution in [0.5, 0.6) is 0 Å². The first-order valence-electron chi connectivity index (χ1n) is 6.14. The Morgan fingerprint density at radius 1 is 1.38 bits per heavy atom. The molecule has 0 aromatic rings. The predicted octanol–water partition coefficient (Wildman–Crippen LogP) is 3.32. The first-order chi connectivity index (χ1) is 7.28. The van der Waals surface area contributed by atoms with Crippen molar-refractivity contribution >= 4 is 5.97 Å². The van der Waals surface area contributed by atoms with Crippen LogP contribution in [0.25, 0.3) is 0 Å².